The van der Waals surface area contributed by atoms with Crippen LogP contribution in [0.5, 0.6) is 0 Å². The largest absolute Gasteiger partial charge is 0.466 e. The summed E-state index contributed by atoms with van der Waals surface area (Å²) in [6, 6.07) is 7.14. The predicted molar refractivity (Wildman–Crippen MR) is 74.0 cm³/mol. The highest BCUT2D eigenvalue weighted by Crippen LogP contribution is 2.17. The van der Waals surface area contributed by atoms with Crippen molar-refractivity contribution < 1.29 is 14.3 Å². The van der Waals surface area contributed by atoms with Crippen LogP contribution in [-0.4, -0.2) is 23.7 Å². The van der Waals surface area contributed by atoms with Gasteiger partial charge < -0.3 is 4.74 Å². The van der Waals surface area contributed by atoms with Crippen molar-refractivity contribution >= 4 is 27.7 Å². The van der Waals surface area contributed by atoms with Gasteiger partial charge in [0.2, 0.25) is 0 Å². The van der Waals surface area contributed by atoms with Crippen LogP contribution in [0.4, 0.5) is 0 Å². The number of hydrogen-bond donors (Lipinski definition) is 0. The summed E-state index contributed by atoms with van der Waals surface area (Å²) in [5.74, 6) is -0.391. The fourth-order valence-electron chi connectivity index (χ4n) is 1.73. The van der Waals surface area contributed by atoms with Gasteiger partial charge in [-0.15, -0.1) is 0 Å². The third-order valence-corrected chi connectivity index (χ3v) is 3.18. The summed E-state index contributed by atoms with van der Waals surface area (Å²) in [4.78, 5) is 23.1. The molecule has 19 heavy (non-hydrogen) atoms. The molecule has 5 heteroatoms. The van der Waals surface area contributed by atoms with Crippen LogP contribution in [-0.2, 0) is 27.2 Å². The summed E-state index contributed by atoms with van der Waals surface area (Å²) in [5.41, 5.74) is 1.71. The average molecular weight is 324 g/mol. The van der Waals surface area contributed by atoms with E-state index in [4.69, 9.17) is 10.00 Å². The maximum Gasteiger partial charge on any atom is 0.310 e. The van der Waals surface area contributed by atoms with Crippen molar-refractivity contribution in [2.45, 2.75) is 19.8 Å². The number of halogens is 1. The van der Waals surface area contributed by atoms with Gasteiger partial charge >= 0.3 is 5.97 Å². The summed E-state index contributed by atoms with van der Waals surface area (Å²) >= 11 is 3.09. The molecule has 0 atom stereocenters. The number of rotatable bonds is 6. The topological polar surface area (TPSA) is 67.2 Å². The van der Waals surface area contributed by atoms with Crippen molar-refractivity contribution in [1.82, 2.24) is 0 Å². The molecule has 0 unspecified atom stereocenters. The van der Waals surface area contributed by atoms with Gasteiger partial charge in [-0.2, -0.15) is 5.26 Å². The Balaban J connectivity index is 3.06. The molecule has 0 saturated heterocycles. The molecule has 0 spiro atoms. The maximum atomic E-state index is 11.5. The van der Waals surface area contributed by atoms with Gasteiger partial charge in [0, 0.05) is 6.42 Å². The summed E-state index contributed by atoms with van der Waals surface area (Å²) in [5, 5.41) is 9.30. The van der Waals surface area contributed by atoms with Gasteiger partial charge in [0.05, 0.1) is 30.0 Å². The van der Waals surface area contributed by atoms with Crippen molar-refractivity contribution in [2.75, 3.05) is 11.9 Å². The van der Waals surface area contributed by atoms with Gasteiger partial charge in [0.1, 0.15) is 5.78 Å². The Hall–Kier alpha value is -1.67. The van der Waals surface area contributed by atoms with E-state index < -0.39 is 0 Å². The van der Waals surface area contributed by atoms with E-state index >= 15 is 0 Å². The second kappa shape index (κ2) is 7.70. The minimum Gasteiger partial charge on any atom is -0.466 e. The molecule has 0 N–H and O–H groups in total. The van der Waals surface area contributed by atoms with E-state index in [2.05, 4.69) is 22.0 Å². The number of carbonyl (C=O) groups excluding carboxylic acids is 2. The maximum absolute atomic E-state index is 11.5. The molecule has 0 fully saturated rings. The molecule has 1 rings (SSSR count). The van der Waals surface area contributed by atoms with Crippen molar-refractivity contribution in [3.8, 4) is 6.07 Å². The molecular formula is C14H14BrNO3. The standard InChI is InChI=1S/C14H14BrNO3/c1-2-19-14(18)6-10-4-3-5-11(9-16)13(10)7-12(17)8-15/h3-5H,2,6-8H2,1H3. The smallest absolute Gasteiger partial charge is 0.310 e. The fraction of sp³-hybridized carbons (Fsp3) is 0.357. The number of esters is 1. The first-order chi connectivity index (χ1) is 9.12. The van der Waals surface area contributed by atoms with E-state index in [9.17, 15) is 9.59 Å². The zero-order chi connectivity index (χ0) is 14.3. The van der Waals surface area contributed by atoms with Gasteiger partial charge in [-0.05, 0) is 24.1 Å². The van der Waals surface area contributed by atoms with E-state index in [1.54, 1.807) is 25.1 Å². The van der Waals surface area contributed by atoms with E-state index in [0.29, 0.717) is 23.3 Å². The number of nitrogens with zero attached hydrogens (tertiary/aromatic N) is 1. The summed E-state index contributed by atoms with van der Waals surface area (Å²) < 4.78 is 4.89. The Labute approximate surface area is 120 Å². The highest BCUT2D eigenvalue weighted by atomic mass is 79.9. The van der Waals surface area contributed by atoms with Crippen LogP contribution in [0, 0.1) is 11.3 Å². The normalized spacial score (nSPS) is 9.74. The molecule has 0 bridgehead atoms. The van der Waals surface area contributed by atoms with Gasteiger partial charge in [-0.25, -0.2) is 0 Å². The summed E-state index contributed by atoms with van der Waals surface area (Å²) in [6.45, 7) is 2.05. The molecule has 0 aliphatic heterocycles. The lowest BCUT2D eigenvalue weighted by Crippen LogP contribution is -2.13. The van der Waals surface area contributed by atoms with Crippen LogP contribution < -0.4 is 0 Å². The van der Waals surface area contributed by atoms with E-state index in [-0.39, 0.29) is 29.9 Å². The average Bonchev–Trinajstić information content (AvgIpc) is 2.40. The SMILES string of the molecule is CCOC(=O)Cc1cccc(C#N)c1CC(=O)CBr. The predicted octanol–water partition coefficient (Wildman–Crippen LogP) is 2.17. The number of ketones is 1. The highest BCUT2D eigenvalue weighted by Gasteiger charge is 2.14. The third kappa shape index (κ3) is 4.49. The highest BCUT2D eigenvalue weighted by molar-refractivity contribution is 9.09. The number of benzene rings is 1. The van der Waals surface area contributed by atoms with Crippen LogP contribution in [0.2, 0.25) is 0 Å². The van der Waals surface area contributed by atoms with Crippen molar-refractivity contribution in [1.29, 1.82) is 5.26 Å². The molecule has 0 saturated carbocycles. The quantitative estimate of drug-likeness (QED) is 0.594. The molecule has 0 aromatic heterocycles. The molecular weight excluding hydrogens is 310 g/mol. The van der Waals surface area contributed by atoms with Gasteiger partial charge in [-0.3, -0.25) is 9.59 Å². The molecule has 0 aliphatic carbocycles. The van der Waals surface area contributed by atoms with Crippen molar-refractivity contribution in [3.05, 3.63) is 34.9 Å². The lowest BCUT2D eigenvalue weighted by Gasteiger charge is -2.10. The molecule has 0 amide bonds. The molecule has 0 aliphatic rings. The number of nitriles is 1. The van der Waals surface area contributed by atoms with Crippen molar-refractivity contribution in [2.24, 2.45) is 0 Å². The van der Waals surface area contributed by atoms with Crippen LogP contribution in [0.15, 0.2) is 18.2 Å². The minimum absolute atomic E-state index is 0.0344. The first-order valence-corrected chi connectivity index (χ1v) is 6.98. The summed E-state index contributed by atoms with van der Waals surface area (Å²) in [7, 11) is 0. The molecule has 1 aromatic carbocycles. The van der Waals surface area contributed by atoms with Crippen LogP contribution in [0.1, 0.15) is 23.6 Å². The lowest BCUT2D eigenvalue weighted by molar-refractivity contribution is -0.142. The molecule has 4 nitrogen and oxygen atoms in total. The van der Waals surface area contributed by atoms with Gasteiger partial charge in [-0.1, -0.05) is 28.1 Å². The van der Waals surface area contributed by atoms with E-state index in [0.717, 1.165) is 0 Å². The number of ether oxygens (including phenoxy) is 1. The minimum atomic E-state index is -0.356. The first kappa shape index (κ1) is 15.4. The van der Waals surface area contributed by atoms with Crippen LogP contribution >= 0.6 is 15.9 Å². The fourth-order valence-corrected chi connectivity index (χ4v) is 1.92. The number of Topliss-reactive ketones (excluding diaryl/α,β-unsaturated/α-hetero) is 1. The Bertz CT molecular complexity index is 520. The molecule has 1 aromatic rings. The molecule has 0 heterocycles. The van der Waals surface area contributed by atoms with Crippen molar-refractivity contribution in [3.63, 3.8) is 0 Å². The number of alkyl halides is 1. The zero-order valence-corrected chi connectivity index (χ0v) is 12.2. The second-order valence-electron chi connectivity index (χ2n) is 3.89. The number of carbonyl (C=O) groups is 2. The van der Waals surface area contributed by atoms with Crippen LogP contribution in [0.25, 0.3) is 0 Å². The first-order valence-electron chi connectivity index (χ1n) is 5.86. The molecule has 0 radical (unpaired) electrons. The monoisotopic (exact) mass is 323 g/mol. The Morgan fingerprint density at radius 1 is 1.37 bits per heavy atom. The van der Waals surface area contributed by atoms with E-state index in [1.807, 2.05) is 0 Å². The lowest BCUT2D eigenvalue weighted by atomic mass is 9.95. The Kier molecular flexibility index (Phi) is 6.23. The Morgan fingerprint density at radius 2 is 2.11 bits per heavy atom. The van der Waals surface area contributed by atoms with Gasteiger partial charge in [0.25, 0.3) is 0 Å². The zero-order valence-electron chi connectivity index (χ0n) is 10.6. The van der Waals surface area contributed by atoms with E-state index in [1.165, 1.54) is 0 Å². The van der Waals surface area contributed by atoms with Gasteiger partial charge in [0.15, 0.2) is 0 Å². The van der Waals surface area contributed by atoms with Crippen LogP contribution in [0.3, 0.4) is 0 Å². The number of hydrogen-bond acceptors (Lipinski definition) is 4. The molecule has 100 valence electrons. The second-order valence-corrected chi connectivity index (χ2v) is 4.45. The summed E-state index contributed by atoms with van der Waals surface area (Å²) in [6.07, 6.45) is 0.220. The Morgan fingerprint density at radius 3 is 2.68 bits per heavy atom. The third-order valence-electron chi connectivity index (χ3n) is 2.56.